The molecule has 1 unspecified atom stereocenters. The molecule has 0 N–H and O–H groups in total. The van der Waals surface area contributed by atoms with Gasteiger partial charge in [0.05, 0.1) is 12.6 Å². The van der Waals surface area contributed by atoms with Gasteiger partial charge in [-0.05, 0) is 48.2 Å². The summed E-state index contributed by atoms with van der Waals surface area (Å²) in [7, 11) is 0. The van der Waals surface area contributed by atoms with Crippen molar-refractivity contribution >= 4 is 23.7 Å². The van der Waals surface area contributed by atoms with E-state index in [0.717, 1.165) is 16.7 Å². The van der Waals surface area contributed by atoms with Crippen LogP contribution in [0.25, 0.3) is 0 Å². The summed E-state index contributed by atoms with van der Waals surface area (Å²) in [6.45, 7) is 2.41. The van der Waals surface area contributed by atoms with Gasteiger partial charge in [0.1, 0.15) is 12.4 Å². The van der Waals surface area contributed by atoms with Crippen LogP contribution in [0.5, 0.6) is 5.75 Å². The highest BCUT2D eigenvalue weighted by Crippen LogP contribution is 2.40. The van der Waals surface area contributed by atoms with E-state index in [9.17, 15) is 9.59 Å². The van der Waals surface area contributed by atoms with Gasteiger partial charge in [0.25, 0.3) is 0 Å². The third-order valence-corrected chi connectivity index (χ3v) is 5.88. The normalized spacial score (nSPS) is 14.8. The second-order valence-corrected chi connectivity index (χ2v) is 8.30. The van der Waals surface area contributed by atoms with Gasteiger partial charge in [0.15, 0.2) is 6.61 Å². The average molecular weight is 480 g/mol. The van der Waals surface area contributed by atoms with Crippen molar-refractivity contribution in [1.82, 2.24) is 4.90 Å². The third-order valence-electron chi connectivity index (χ3n) is 5.64. The van der Waals surface area contributed by atoms with Crippen molar-refractivity contribution < 1.29 is 23.8 Å². The molecule has 1 amide bonds. The number of rotatable bonds is 7. The monoisotopic (exact) mass is 479 g/mol. The standard InChI is InChI=1S/C27H26ClNO5/c1-2-32-25(30)18-33-24-13-12-21(28)16-23(24)26-22-11-7-6-10-20(22)14-15-29(26)27(31)34-17-19-8-4-3-5-9-19/h3-13,16,26H,2,14-15,17-18H2,1H3. The van der Waals surface area contributed by atoms with Crippen molar-refractivity contribution in [2.24, 2.45) is 0 Å². The van der Waals surface area contributed by atoms with Gasteiger partial charge < -0.3 is 14.2 Å². The Balaban J connectivity index is 1.66. The maximum absolute atomic E-state index is 13.3. The fourth-order valence-corrected chi connectivity index (χ4v) is 4.29. The lowest BCUT2D eigenvalue weighted by atomic mass is 9.88. The van der Waals surface area contributed by atoms with E-state index in [1.165, 1.54) is 0 Å². The Bertz CT molecular complexity index is 1150. The predicted molar refractivity (Wildman–Crippen MR) is 129 cm³/mol. The fourth-order valence-electron chi connectivity index (χ4n) is 4.10. The zero-order valence-electron chi connectivity index (χ0n) is 18.9. The van der Waals surface area contributed by atoms with Crippen LogP contribution in [0.3, 0.4) is 0 Å². The Morgan fingerprint density at radius 1 is 0.971 bits per heavy atom. The molecule has 7 heteroatoms. The molecular weight excluding hydrogens is 454 g/mol. The third kappa shape index (κ3) is 5.51. The van der Waals surface area contributed by atoms with Crippen LogP contribution in [0.2, 0.25) is 5.02 Å². The van der Waals surface area contributed by atoms with Crippen LogP contribution in [-0.2, 0) is 27.3 Å². The van der Waals surface area contributed by atoms with Crippen LogP contribution < -0.4 is 4.74 Å². The summed E-state index contributed by atoms with van der Waals surface area (Å²) < 4.78 is 16.5. The molecule has 3 aromatic carbocycles. The van der Waals surface area contributed by atoms with E-state index in [1.807, 2.05) is 48.5 Å². The van der Waals surface area contributed by atoms with Crippen molar-refractivity contribution in [2.45, 2.75) is 26.0 Å². The minimum absolute atomic E-state index is 0.173. The molecule has 3 aromatic rings. The first kappa shape index (κ1) is 23.6. The molecule has 0 radical (unpaired) electrons. The molecule has 0 saturated carbocycles. The molecule has 0 aromatic heterocycles. The van der Waals surface area contributed by atoms with E-state index >= 15 is 0 Å². The molecule has 0 fully saturated rings. The summed E-state index contributed by atoms with van der Waals surface area (Å²) in [6.07, 6.45) is 0.270. The van der Waals surface area contributed by atoms with E-state index in [-0.39, 0.29) is 19.8 Å². The summed E-state index contributed by atoms with van der Waals surface area (Å²) in [5.74, 6) is -0.00779. The number of nitrogens with zero attached hydrogens (tertiary/aromatic N) is 1. The van der Waals surface area contributed by atoms with Crippen LogP contribution >= 0.6 is 11.6 Å². The molecule has 1 heterocycles. The zero-order valence-corrected chi connectivity index (χ0v) is 19.7. The molecule has 1 aliphatic rings. The van der Waals surface area contributed by atoms with E-state index in [2.05, 4.69) is 6.07 Å². The Morgan fingerprint density at radius 3 is 2.53 bits per heavy atom. The highest BCUT2D eigenvalue weighted by molar-refractivity contribution is 6.30. The number of benzene rings is 3. The highest BCUT2D eigenvalue weighted by Gasteiger charge is 2.35. The molecule has 4 rings (SSSR count). The molecule has 0 aliphatic carbocycles. The van der Waals surface area contributed by atoms with E-state index in [4.69, 9.17) is 25.8 Å². The number of hydrogen-bond donors (Lipinski definition) is 0. The van der Waals surface area contributed by atoms with Crippen LogP contribution in [0, 0.1) is 0 Å². The van der Waals surface area contributed by atoms with Gasteiger partial charge in [-0.15, -0.1) is 0 Å². The van der Waals surface area contributed by atoms with Gasteiger partial charge >= 0.3 is 12.1 Å². The maximum atomic E-state index is 13.3. The quantitative estimate of drug-likeness (QED) is 0.415. The zero-order chi connectivity index (χ0) is 23.9. The lowest BCUT2D eigenvalue weighted by Gasteiger charge is -2.37. The summed E-state index contributed by atoms with van der Waals surface area (Å²) in [5, 5.41) is 0.499. The second-order valence-electron chi connectivity index (χ2n) is 7.86. The molecule has 0 saturated heterocycles. The van der Waals surface area contributed by atoms with Gasteiger partial charge in [-0.3, -0.25) is 4.90 Å². The lowest BCUT2D eigenvalue weighted by Crippen LogP contribution is -2.41. The maximum Gasteiger partial charge on any atom is 0.410 e. The van der Waals surface area contributed by atoms with E-state index < -0.39 is 18.1 Å². The predicted octanol–water partition coefficient (Wildman–Crippen LogP) is 5.57. The van der Waals surface area contributed by atoms with Crippen molar-refractivity contribution in [1.29, 1.82) is 0 Å². The minimum atomic E-state index is -0.482. The summed E-state index contributed by atoms with van der Waals surface area (Å²) in [5.41, 5.74) is 3.69. The molecule has 0 bridgehead atoms. The Kier molecular flexibility index (Phi) is 7.70. The molecule has 1 aliphatic heterocycles. The Morgan fingerprint density at radius 2 is 1.74 bits per heavy atom. The number of amides is 1. The van der Waals surface area contributed by atoms with Gasteiger partial charge in [-0.2, -0.15) is 0 Å². The molecule has 176 valence electrons. The smallest absolute Gasteiger partial charge is 0.410 e. The number of ether oxygens (including phenoxy) is 3. The highest BCUT2D eigenvalue weighted by atomic mass is 35.5. The van der Waals surface area contributed by atoms with Crippen molar-refractivity contribution in [2.75, 3.05) is 19.8 Å². The number of carbonyl (C=O) groups excluding carboxylic acids is 2. The minimum Gasteiger partial charge on any atom is -0.482 e. The largest absolute Gasteiger partial charge is 0.482 e. The first-order valence-electron chi connectivity index (χ1n) is 11.2. The molecule has 34 heavy (non-hydrogen) atoms. The van der Waals surface area contributed by atoms with Crippen LogP contribution in [0.4, 0.5) is 4.79 Å². The number of fused-ring (bicyclic) bond motifs is 1. The Hall–Kier alpha value is -3.51. The van der Waals surface area contributed by atoms with Crippen LogP contribution in [0.1, 0.15) is 35.2 Å². The van der Waals surface area contributed by atoms with Crippen molar-refractivity contribution in [3.05, 3.63) is 100 Å². The fraction of sp³-hybridized carbons (Fsp3) is 0.259. The van der Waals surface area contributed by atoms with Crippen molar-refractivity contribution in [3.8, 4) is 5.75 Å². The first-order chi connectivity index (χ1) is 16.6. The number of carbonyl (C=O) groups is 2. The number of halogens is 1. The summed E-state index contributed by atoms with van der Waals surface area (Å²) >= 11 is 6.36. The Labute approximate surface area is 204 Å². The second kappa shape index (κ2) is 11.1. The van der Waals surface area contributed by atoms with Crippen LogP contribution in [0.15, 0.2) is 72.8 Å². The van der Waals surface area contributed by atoms with Gasteiger partial charge in [-0.1, -0.05) is 66.2 Å². The van der Waals surface area contributed by atoms with Crippen molar-refractivity contribution in [3.63, 3.8) is 0 Å². The topological polar surface area (TPSA) is 65.1 Å². The van der Waals surface area contributed by atoms with Gasteiger partial charge in [-0.25, -0.2) is 9.59 Å². The van der Waals surface area contributed by atoms with Gasteiger partial charge in [0.2, 0.25) is 0 Å². The molecule has 1 atom stereocenters. The molecule has 0 spiro atoms. The summed E-state index contributed by atoms with van der Waals surface area (Å²) in [6, 6.07) is 22.2. The lowest BCUT2D eigenvalue weighted by molar-refractivity contribution is -0.145. The number of hydrogen-bond acceptors (Lipinski definition) is 5. The number of esters is 1. The SMILES string of the molecule is CCOC(=O)COc1ccc(Cl)cc1C1c2ccccc2CCN1C(=O)OCc1ccccc1. The average Bonchev–Trinajstić information content (AvgIpc) is 2.86. The summed E-state index contributed by atoms with van der Waals surface area (Å²) in [4.78, 5) is 26.9. The van der Waals surface area contributed by atoms with Crippen LogP contribution in [-0.4, -0.2) is 36.7 Å². The molecule has 6 nitrogen and oxygen atoms in total. The van der Waals surface area contributed by atoms with E-state index in [1.54, 1.807) is 30.0 Å². The first-order valence-corrected chi connectivity index (χ1v) is 11.6. The van der Waals surface area contributed by atoms with E-state index in [0.29, 0.717) is 29.3 Å². The molecular formula is C27H26ClNO5. The van der Waals surface area contributed by atoms with Gasteiger partial charge in [0, 0.05) is 17.1 Å².